The monoisotopic (exact) mass is 462 g/mol. The summed E-state index contributed by atoms with van der Waals surface area (Å²) in [6.07, 6.45) is 1.80. The molecule has 2 heterocycles. The van der Waals surface area contributed by atoms with Crippen LogP contribution < -0.4 is 5.32 Å². The highest BCUT2D eigenvalue weighted by Gasteiger charge is 2.19. The summed E-state index contributed by atoms with van der Waals surface area (Å²) in [4.78, 5) is 18.1. The Kier molecular flexibility index (Phi) is 5.43. The van der Waals surface area contributed by atoms with Crippen LogP contribution in [0.15, 0.2) is 59.2 Å². The number of nitrogens with zero attached hydrogens (tertiary/aromatic N) is 3. The van der Waals surface area contributed by atoms with Gasteiger partial charge in [-0.1, -0.05) is 45.8 Å². The Morgan fingerprint density at radius 2 is 1.83 bits per heavy atom. The van der Waals surface area contributed by atoms with Crippen molar-refractivity contribution in [2.24, 2.45) is 7.05 Å². The van der Waals surface area contributed by atoms with Crippen molar-refractivity contribution in [2.45, 2.75) is 26.8 Å². The van der Waals surface area contributed by atoms with Gasteiger partial charge < -0.3 is 5.32 Å². The lowest BCUT2D eigenvalue weighted by Gasteiger charge is -2.16. The molecule has 0 bridgehead atoms. The molecule has 4 rings (SSSR count). The fourth-order valence-electron chi connectivity index (χ4n) is 3.55. The molecule has 0 saturated carbocycles. The molecule has 1 atom stereocenters. The van der Waals surface area contributed by atoms with Crippen molar-refractivity contribution in [1.82, 2.24) is 20.1 Å². The summed E-state index contributed by atoms with van der Waals surface area (Å²) in [5.74, 6) is -0.135. The molecular weight excluding hydrogens is 440 g/mol. The quantitative estimate of drug-likeness (QED) is 0.435. The number of halogens is 1. The van der Waals surface area contributed by atoms with E-state index in [1.54, 1.807) is 6.20 Å². The van der Waals surface area contributed by atoms with Gasteiger partial charge in [0, 0.05) is 33.7 Å². The Morgan fingerprint density at radius 1 is 1.10 bits per heavy atom. The molecule has 0 aliphatic heterocycles. The first-order valence-corrected chi connectivity index (χ1v) is 10.6. The maximum atomic E-state index is 13.3. The first kappa shape index (κ1) is 20.3. The predicted molar refractivity (Wildman–Crippen MR) is 123 cm³/mol. The average Bonchev–Trinajstić information content (AvgIpc) is 3.06. The normalized spacial score (nSPS) is 12.2. The van der Waals surface area contributed by atoms with Gasteiger partial charge in [0.2, 0.25) is 0 Å². The molecule has 1 unspecified atom stereocenters. The Bertz CT molecular complexity index is 1240. The minimum absolute atomic E-state index is 0.135. The van der Waals surface area contributed by atoms with E-state index >= 15 is 0 Å². The SMILES string of the molecule is Cc1ccc(-c2cc(C(=O)NC(C)c3cnn(C)c3C)c3cc(Br)ccc3n2)cc1. The molecule has 1 amide bonds. The lowest BCUT2D eigenvalue weighted by atomic mass is 10.0. The summed E-state index contributed by atoms with van der Waals surface area (Å²) in [5, 5.41) is 8.23. The van der Waals surface area contributed by atoms with Crippen LogP contribution in [0.1, 0.15) is 40.1 Å². The van der Waals surface area contributed by atoms with E-state index in [1.165, 1.54) is 5.56 Å². The van der Waals surface area contributed by atoms with Crippen LogP contribution in [0, 0.1) is 13.8 Å². The van der Waals surface area contributed by atoms with E-state index in [1.807, 2.05) is 62.0 Å². The number of hydrogen-bond acceptors (Lipinski definition) is 3. The molecule has 30 heavy (non-hydrogen) atoms. The number of aryl methyl sites for hydroxylation is 2. The molecule has 4 aromatic rings. The van der Waals surface area contributed by atoms with Gasteiger partial charge in [-0.05, 0) is 45.0 Å². The van der Waals surface area contributed by atoms with E-state index < -0.39 is 0 Å². The van der Waals surface area contributed by atoms with Crippen LogP contribution in [0.2, 0.25) is 0 Å². The fourth-order valence-corrected chi connectivity index (χ4v) is 3.91. The summed E-state index contributed by atoms with van der Waals surface area (Å²) in [7, 11) is 1.90. The van der Waals surface area contributed by atoms with Gasteiger partial charge in [-0.25, -0.2) is 4.98 Å². The number of carbonyl (C=O) groups is 1. The first-order valence-electron chi connectivity index (χ1n) is 9.80. The van der Waals surface area contributed by atoms with Crippen molar-refractivity contribution in [1.29, 1.82) is 0 Å². The molecule has 6 heteroatoms. The zero-order chi connectivity index (χ0) is 21.4. The second-order valence-corrected chi connectivity index (χ2v) is 8.50. The summed E-state index contributed by atoms with van der Waals surface area (Å²) in [6, 6.07) is 15.7. The minimum Gasteiger partial charge on any atom is -0.345 e. The maximum absolute atomic E-state index is 13.3. The van der Waals surface area contributed by atoms with E-state index in [9.17, 15) is 4.79 Å². The van der Waals surface area contributed by atoms with Crippen molar-refractivity contribution in [3.8, 4) is 11.3 Å². The molecule has 1 N–H and O–H groups in total. The third-order valence-corrected chi connectivity index (χ3v) is 5.94. The van der Waals surface area contributed by atoms with E-state index in [0.29, 0.717) is 5.56 Å². The van der Waals surface area contributed by atoms with Gasteiger partial charge >= 0.3 is 0 Å². The molecule has 0 spiro atoms. The highest BCUT2D eigenvalue weighted by molar-refractivity contribution is 9.10. The number of carbonyl (C=O) groups excluding carboxylic acids is 1. The van der Waals surface area contributed by atoms with Crippen LogP contribution in [-0.4, -0.2) is 20.7 Å². The molecular formula is C24H23BrN4O. The van der Waals surface area contributed by atoms with Gasteiger partial charge in [-0.3, -0.25) is 9.48 Å². The third kappa shape index (κ3) is 3.87. The van der Waals surface area contributed by atoms with Crippen molar-refractivity contribution in [2.75, 3.05) is 0 Å². The molecule has 5 nitrogen and oxygen atoms in total. The van der Waals surface area contributed by atoms with Crippen LogP contribution in [-0.2, 0) is 7.05 Å². The topological polar surface area (TPSA) is 59.8 Å². The number of pyridine rings is 1. The van der Waals surface area contributed by atoms with E-state index in [0.717, 1.165) is 37.9 Å². The number of aromatic nitrogens is 3. The zero-order valence-electron chi connectivity index (χ0n) is 17.4. The van der Waals surface area contributed by atoms with Crippen molar-refractivity contribution in [3.05, 3.63) is 81.6 Å². The minimum atomic E-state index is -0.163. The Morgan fingerprint density at radius 3 is 2.50 bits per heavy atom. The molecule has 0 radical (unpaired) electrons. The van der Waals surface area contributed by atoms with E-state index in [2.05, 4.69) is 45.4 Å². The average molecular weight is 463 g/mol. The Balaban J connectivity index is 1.77. The highest BCUT2D eigenvalue weighted by atomic mass is 79.9. The summed E-state index contributed by atoms with van der Waals surface area (Å²) < 4.78 is 2.72. The lowest BCUT2D eigenvalue weighted by molar-refractivity contribution is 0.0941. The highest BCUT2D eigenvalue weighted by Crippen LogP contribution is 2.28. The number of rotatable bonds is 4. The predicted octanol–water partition coefficient (Wildman–Crippen LogP) is 5.51. The largest absolute Gasteiger partial charge is 0.345 e. The summed E-state index contributed by atoms with van der Waals surface area (Å²) in [6.45, 7) is 6.03. The van der Waals surface area contributed by atoms with Crippen LogP contribution in [0.5, 0.6) is 0 Å². The van der Waals surface area contributed by atoms with Gasteiger partial charge in [0.05, 0.1) is 29.0 Å². The molecule has 0 aliphatic carbocycles. The molecule has 0 saturated heterocycles. The molecule has 2 aromatic carbocycles. The second kappa shape index (κ2) is 8.03. The van der Waals surface area contributed by atoms with Crippen molar-refractivity contribution in [3.63, 3.8) is 0 Å². The number of hydrogen-bond donors (Lipinski definition) is 1. The number of benzene rings is 2. The van der Waals surface area contributed by atoms with E-state index in [4.69, 9.17) is 4.98 Å². The van der Waals surface area contributed by atoms with Gasteiger partial charge in [-0.2, -0.15) is 5.10 Å². The van der Waals surface area contributed by atoms with Crippen molar-refractivity contribution < 1.29 is 4.79 Å². The van der Waals surface area contributed by atoms with Crippen LogP contribution >= 0.6 is 15.9 Å². The van der Waals surface area contributed by atoms with Crippen LogP contribution in [0.4, 0.5) is 0 Å². The number of amides is 1. The Hall–Kier alpha value is -2.99. The van der Waals surface area contributed by atoms with Gasteiger partial charge in [0.15, 0.2) is 0 Å². The van der Waals surface area contributed by atoms with Crippen molar-refractivity contribution >= 4 is 32.7 Å². The first-order chi connectivity index (χ1) is 14.3. The van der Waals surface area contributed by atoms with Crippen LogP contribution in [0.25, 0.3) is 22.2 Å². The molecule has 0 fully saturated rings. The summed E-state index contributed by atoms with van der Waals surface area (Å²) >= 11 is 3.52. The Labute approximate surface area is 184 Å². The zero-order valence-corrected chi connectivity index (χ0v) is 19.0. The fraction of sp³-hybridized carbons (Fsp3) is 0.208. The molecule has 152 valence electrons. The summed E-state index contributed by atoms with van der Waals surface area (Å²) in [5.41, 5.74) is 6.37. The van der Waals surface area contributed by atoms with Gasteiger partial charge in [0.25, 0.3) is 5.91 Å². The van der Waals surface area contributed by atoms with Gasteiger partial charge in [-0.15, -0.1) is 0 Å². The smallest absolute Gasteiger partial charge is 0.252 e. The maximum Gasteiger partial charge on any atom is 0.252 e. The number of fused-ring (bicyclic) bond motifs is 1. The lowest BCUT2D eigenvalue weighted by Crippen LogP contribution is -2.27. The molecule has 2 aromatic heterocycles. The van der Waals surface area contributed by atoms with E-state index in [-0.39, 0.29) is 11.9 Å². The van der Waals surface area contributed by atoms with Crippen LogP contribution in [0.3, 0.4) is 0 Å². The van der Waals surface area contributed by atoms with Gasteiger partial charge in [0.1, 0.15) is 0 Å². The molecule has 0 aliphatic rings. The second-order valence-electron chi connectivity index (χ2n) is 7.59. The number of nitrogens with one attached hydrogen (secondary N) is 1. The third-order valence-electron chi connectivity index (χ3n) is 5.45. The standard InChI is InChI=1S/C24H23BrN4O/c1-14-5-7-17(8-6-14)23-12-20(19-11-18(25)9-10-22(19)28-23)24(30)27-15(2)21-13-26-29(4)16(21)3/h5-13,15H,1-4H3,(H,27,30).